The van der Waals surface area contributed by atoms with Crippen molar-refractivity contribution in [3.63, 3.8) is 0 Å². The lowest BCUT2D eigenvalue weighted by Gasteiger charge is -2.11. The van der Waals surface area contributed by atoms with Gasteiger partial charge in [0.2, 0.25) is 10.0 Å². The topological polar surface area (TPSA) is 117 Å². The third-order valence-electron chi connectivity index (χ3n) is 4.20. The summed E-state index contributed by atoms with van der Waals surface area (Å²) in [5, 5.41) is 7.74. The number of benzene rings is 3. The lowest BCUT2D eigenvalue weighted by molar-refractivity contribution is -0.118. The number of ether oxygens (including phenoxy) is 3. The van der Waals surface area contributed by atoms with Crippen LogP contribution in [0.1, 0.15) is 5.56 Å². The molecule has 31 heavy (non-hydrogen) atoms. The second-order valence-corrected chi connectivity index (χ2v) is 8.16. The maximum absolute atomic E-state index is 12.2. The maximum Gasteiger partial charge on any atom is 0.262 e. The van der Waals surface area contributed by atoms with Gasteiger partial charge in [-0.15, -0.1) is 0 Å². The lowest BCUT2D eigenvalue weighted by atomic mass is 10.2. The van der Waals surface area contributed by atoms with E-state index in [0.717, 1.165) is 11.3 Å². The average Bonchev–Trinajstić information content (AvgIpc) is 2.74. The summed E-state index contributed by atoms with van der Waals surface area (Å²) >= 11 is 0. The zero-order valence-electron chi connectivity index (χ0n) is 17.0. The Balaban J connectivity index is 1.56. The fourth-order valence-corrected chi connectivity index (χ4v) is 3.39. The Morgan fingerprint density at radius 3 is 2.10 bits per heavy atom. The summed E-state index contributed by atoms with van der Waals surface area (Å²) in [6, 6.07) is 18.6. The molecule has 0 atom stereocenters. The SMILES string of the molecule is COc1ccc(NC(=O)COc2ccc(Oc3ccc(C)cc3)cc2)cc1S(N)(=O)=O. The van der Waals surface area contributed by atoms with Crippen molar-refractivity contribution in [3.8, 4) is 23.0 Å². The van der Waals surface area contributed by atoms with E-state index in [-0.39, 0.29) is 22.9 Å². The second-order valence-electron chi connectivity index (χ2n) is 6.63. The van der Waals surface area contributed by atoms with Gasteiger partial charge in [-0.25, -0.2) is 13.6 Å². The zero-order chi connectivity index (χ0) is 22.4. The van der Waals surface area contributed by atoms with Crippen LogP contribution in [0.25, 0.3) is 0 Å². The van der Waals surface area contributed by atoms with Crippen molar-refractivity contribution in [1.82, 2.24) is 0 Å². The molecule has 3 N–H and O–H groups in total. The third kappa shape index (κ3) is 6.21. The highest BCUT2D eigenvalue weighted by atomic mass is 32.2. The van der Waals surface area contributed by atoms with Crippen LogP contribution < -0.4 is 24.7 Å². The smallest absolute Gasteiger partial charge is 0.262 e. The van der Waals surface area contributed by atoms with Crippen LogP contribution in [0, 0.1) is 6.92 Å². The summed E-state index contributed by atoms with van der Waals surface area (Å²) < 4.78 is 39.5. The van der Waals surface area contributed by atoms with Crippen LogP contribution in [0.5, 0.6) is 23.0 Å². The van der Waals surface area contributed by atoms with Gasteiger partial charge >= 0.3 is 0 Å². The summed E-state index contributed by atoms with van der Waals surface area (Å²) in [6.07, 6.45) is 0. The van der Waals surface area contributed by atoms with E-state index in [0.29, 0.717) is 11.5 Å². The molecule has 0 radical (unpaired) electrons. The van der Waals surface area contributed by atoms with Crippen LogP contribution in [0.3, 0.4) is 0 Å². The molecule has 3 rings (SSSR count). The van der Waals surface area contributed by atoms with Crippen LogP contribution in [0.4, 0.5) is 5.69 Å². The molecule has 0 aliphatic rings. The molecular formula is C22H22N2O6S. The van der Waals surface area contributed by atoms with Gasteiger partial charge in [0.15, 0.2) is 6.61 Å². The second kappa shape index (κ2) is 9.50. The maximum atomic E-state index is 12.2. The number of anilines is 1. The number of nitrogens with one attached hydrogen (secondary N) is 1. The van der Waals surface area contributed by atoms with Crippen molar-refractivity contribution >= 4 is 21.6 Å². The number of amides is 1. The van der Waals surface area contributed by atoms with Gasteiger partial charge in [0, 0.05) is 5.69 Å². The average molecular weight is 442 g/mol. The number of hydrogen-bond acceptors (Lipinski definition) is 6. The van der Waals surface area contributed by atoms with Crippen molar-refractivity contribution in [1.29, 1.82) is 0 Å². The number of carbonyl (C=O) groups excluding carboxylic acids is 1. The molecule has 1 amide bonds. The van der Waals surface area contributed by atoms with E-state index in [4.69, 9.17) is 19.3 Å². The first kappa shape index (κ1) is 22.1. The first-order chi connectivity index (χ1) is 14.7. The van der Waals surface area contributed by atoms with Crippen LogP contribution in [-0.2, 0) is 14.8 Å². The van der Waals surface area contributed by atoms with Crippen LogP contribution in [0.2, 0.25) is 0 Å². The summed E-state index contributed by atoms with van der Waals surface area (Å²) in [6.45, 7) is 1.73. The Labute approximate surface area is 180 Å². The highest BCUT2D eigenvalue weighted by molar-refractivity contribution is 7.89. The van der Waals surface area contributed by atoms with E-state index < -0.39 is 15.9 Å². The first-order valence-electron chi connectivity index (χ1n) is 9.23. The number of aryl methyl sites for hydroxylation is 1. The number of primary sulfonamides is 1. The summed E-state index contributed by atoms with van der Waals surface area (Å²) in [4.78, 5) is 11.9. The molecule has 0 aliphatic carbocycles. The normalized spacial score (nSPS) is 10.9. The van der Waals surface area contributed by atoms with E-state index in [2.05, 4.69) is 5.32 Å². The summed E-state index contributed by atoms with van der Waals surface area (Å²) in [5.41, 5.74) is 1.39. The minimum Gasteiger partial charge on any atom is -0.495 e. The fraction of sp³-hybridized carbons (Fsp3) is 0.136. The van der Waals surface area contributed by atoms with E-state index in [1.165, 1.54) is 25.3 Å². The van der Waals surface area contributed by atoms with Gasteiger partial charge in [0.1, 0.15) is 27.9 Å². The number of carbonyl (C=O) groups is 1. The molecule has 0 spiro atoms. The standard InChI is InChI=1S/C22H22N2O6S/c1-15-3-6-18(7-4-15)30-19-10-8-17(9-11-19)29-14-22(25)24-16-5-12-20(28-2)21(13-16)31(23,26)27/h3-13H,14H2,1-2H3,(H,24,25)(H2,23,26,27). The molecule has 3 aromatic rings. The summed E-state index contributed by atoms with van der Waals surface area (Å²) in [7, 11) is -2.68. The Hall–Kier alpha value is -3.56. The van der Waals surface area contributed by atoms with Crippen molar-refractivity contribution in [3.05, 3.63) is 72.3 Å². The van der Waals surface area contributed by atoms with Gasteiger partial charge in [-0.05, 0) is 61.5 Å². The Kier molecular flexibility index (Phi) is 6.78. The van der Waals surface area contributed by atoms with Crippen molar-refractivity contribution in [2.75, 3.05) is 19.0 Å². The minimum absolute atomic E-state index is 0.0877. The molecule has 0 unspecified atom stereocenters. The van der Waals surface area contributed by atoms with Gasteiger partial charge in [-0.1, -0.05) is 17.7 Å². The molecule has 0 fully saturated rings. The molecule has 0 aromatic heterocycles. The molecule has 0 heterocycles. The van der Waals surface area contributed by atoms with E-state index >= 15 is 0 Å². The first-order valence-corrected chi connectivity index (χ1v) is 10.8. The number of rotatable bonds is 8. The molecule has 3 aromatic carbocycles. The highest BCUT2D eigenvalue weighted by Gasteiger charge is 2.16. The predicted octanol–water partition coefficient (Wildman–Crippen LogP) is 3.46. The molecule has 8 nitrogen and oxygen atoms in total. The van der Waals surface area contributed by atoms with Gasteiger partial charge in [0.25, 0.3) is 5.91 Å². The molecule has 0 aliphatic heterocycles. The predicted molar refractivity (Wildman–Crippen MR) is 116 cm³/mol. The zero-order valence-corrected chi connectivity index (χ0v) is 17.8. The van der Waals surface area contributed by atoms with Crippen LogP contribution in [-0.4, -0.2) is 28.0 Å². The van der Waals surface area contributed by atoms with Crippen LogP contribution in [0.15, 0.2) is 71.6 Å². The molecule has 0 saturated carbocycles. The molecule has 0 bridgehead atoms. The van der Waals surface area contributed by atoms with Gasteiger partial charge in [-0.3, -0.25) is 4.79 Å². The van der Waals surface area contributed by atoms with E-state index in [9.17, 15) is 13.2 Å². The molecule has 0 saturated heterocycles. The Morgan fingerprint density at radius 1 is 0.935 bits per heavy atom. The minimum atomic E-state index is -4.01. The van der Waals surface area contributed by atoms with Gasteiger partial charge < -0.3 is 19.5 Å². The van der Waals surface area contributed by atoms with Gasteiger partial charge in [-0.2, -0.15) is 0 Å². The number of methoxy groups -OCH3 is 1. The number of nitrogens with two attached hydrogens (primary N) is 1. The number of hydrogen-bond donors (Lipinski definition) is 2. The molecular weight excluding hydrogens is 420 g/mol. The summed E-state index contributed by atoms with van der Waals surface area (Å²) in [5.74, 6) is 1.45. The number of sulfonamides is 1. The van der Waals surface area contributed by atoms with E-state index in [1.54, 1.807) is 24.3 Å². The van der Waals surface area contributed by atoms with Crippen molar-refractivity contribution in [2.24, 2.45) is 5.14 Å². The lowest BCUT2D eigenvalue weighted by Crippen LogP contribution is -2.21. The Morgan fingerprint density at radius 2 is 1.52 bits per heavy atom. The van der Waals surface area contributed by atoms with Crippen molar-refractivity contribution in [2.45, 2.75) is 11.8 Å². The van der Waals surface area contributed by atoms with Crippen LogP contribution >= 0.6 is 0 Å². The molecule has 162 valence electrons. The van der Waals surface area contributed by atoms with Crippen molar-refractivity contribution < 1.29 is 27.4 Å². The quantitative estimate of drug-likeness (QED) is 0.552. The fourth-order valence-electron chi connectivity index (χ4n) is 2.67. The third-order valence-corrected chi connectivity index (χ3v) is 5.14. The van der Waals surface area contributed by atoms with E-state index in [1.807, 2.05) is 31.2 Å². The Bertz CT molecular complexity index is 1160. The van der Waals surface area contributed by atoms with Gasteiger partial charge in [0.05, 0.1) is 7.11 Å². The monoisotopic (exact) mass is 442 g/mol. The molecule has 9 heteroatoms. The highest BCUT2D eigenvalue weighted by Crippen LogP contribution is 2.26. The largest absolute Gasteiger partial charge is 0.495 e.